The summed E-state index contributed by atoms with van der Waals surface area (Å²) in [5.41, 5.74) is 0. The van der Waals surface area contributed by atoms with Crippen LogP contribution in [0.3, 0.4) is 0 Å². The Balaban J connectivity index is 2.04. The fourth-order valence-electron chi connectivity index (χ4n) is 1.27. The lowest BCUT2D eigenvalue weighted by molar-refractivity contribution is 0.0958. The van der Waals surface area contributed by atoms with Gasteiger partial charge in [0.2, 0.25) is 0 Å². The van der Waals surface area contributed by atoms with E-state index in [1.807, 2.05) is 18.5 Å². The van der Waals surface area contributed by atoms with Gasteiger partial charge in [0.15, 0.2) is 0 Å². The molecule has 2 N–H and O–H groups in total. The highest BCUT2D eigenvalue weighted by Gasteiger charge is 2.09. The smallest absolute Gasteiger partial charge is 0.261 e. The molecule has 0 atom stereocenters. The van der Waals surface area contributed by atoms with Crippen molar-refractivity contribution in [2.75, 3.05) is 20.1 Å². The summed E-state index contributed by atoms with van der Waals surface area (Å²) < 4.78 is 2.39. The van der Waals surface area contributed by atoms with Crippen LogP contribution >= 0.6 is 22.7 Å². The van der Waals surface area contributed by atoms with Crippen molar-refractivity contribution in [3.05, 3.63) is 22.4 Å². The molecule has 1 amide bonds. The zero-order chi connectivity index (χ0) is 10.7. The summed E-state index contributed by atoms with van der Waals surface area (Å²) in [7, 11) is 1.87. The summed E-state index contributed by atoms with van der Waals surface area (Å²) in [5.74, 6) is 0.0265. The van der Waals surface area contributed by atoms with Crippen molar-refractivity contribution in [1.29, 1.82) is 0 Å². The first-order valence-electron chi connectivity index (χ1n) is 4.71. The normalized spacial score (nSPS) is 10.7. The van der Waals surface area contributed by atoms with Gasteiger partial charge in [-0.2, -0.15) is 0 Å². The van der Waals surface area contributed by atoms with Crippen LogP contribution in [0, 0.1) is 0 Å². The van der Waals surface area contributed by atoms with E-state index in [9.17, 15) is 4.79 Å². The van der Waals surface area contributed by atoms with E-state index in [-0.39, 0.29) is 5.91 Å². The Labute approximate surface area is 96.1 Å². The number of carbonyl (C=O) groups excluding carboxylic acids is 1. The van der Waals surface area contributed by atoms with Crippen LogP contribution < -0.4 is 10.6 Å². The van der Waals surface area contributed by atoms with Gasteiger partial charge in [-0.25, -0.2) is 0 Å². The molecule has 0 bridgehead atoms. The Hall–Kier alpha value is -0.910. The maximum absolute atomic E-state index is 11.7. The number of likely N-dealkylation sites (N-methyl/N-ethyl adjacent to an activating group) is 1. The van der Waals surface area contributed by atoms with E-state index in [4.69, 9.17) is 0 Å². The molecule has 0 aromatic carbocycles. The van der Waals surface area contributed by atoms with E-state index in [1.165, 1.54) is 9.40 Å². The van der Waals surface area contributed by atoms with E-state index in [2.05, 4.69) is 16.7 Å². The van der Waals surface area contributed by atoms with Crippen LogP contribution in [0.15, 0.2) is 17.5 Å². The summed E-state index contributed by atoms with van der Waals surface area (Å²) in [5, 5.41) is 7.90. The van der Waals surface area contributed by atoms with Crippen LogP contribution in [-0.2, 0) is 0 Å². The predicted molar refractivity (Wildman–Crippen MR) is 66.0 cm³/mol. The first-order valence-corrected chi connectivity index (χ1v) is 6.40. The predicted octanol–water partition coefficient (Wildman–Crippen LogP) is 1.91. The molecule has 15 heavy (non-hydrogen) atoms. The van der Waals surface area contributed by atoms with Crippen LogP contribution in [0.1, 0.15) is 9.67 Å². The van der Waals surface area contributed by atoms with Gasteiger partial charge < -0.3 is 10.6 Å². The van der Waals surface area contributed by atoms with Gasteiger partial charge >= 0.3 is 0 Å². The standard InChI is InChI=1S/C10H12N2OS2/c1-11-3-4-12-10(13)9-6-8-7(15-9)2-5-14-8/h2,5-6,11H,3-4H2,1H3,(H,12,13). The van der Waals surface area contributed by atoms with Crippen LogP contribution in [0.4, 0.5) is 0 Å². The summed E-state index contributed by atoms with van der Waals surface area (Å²) in [6, 6.07) is 4.01. The molecule has 80 valence electrons. The number of fused-ring (bicyclic) bond motifs is 1. The molecule has 0 saturated carbocycles. The molecule has 2 aromatic heterocycles. The van der Waals surface area contributed by atoms with Crippen molar-refractivity contribution in [2.45, 2.75) is 0 Å². The van der Waals surface area contributed by atoms with E-state index >= 15 is 0 Å². The molecule has 0 spiro atoms. The third-order valence-corrected chi connectivity index (χ3v) is 4.12. The Morgan fingerprint density at radius 1 is 1.40 bits per heavy atom. The third kappa shape index (κ3) is 2.37. The van der Waals surface area contributed by atoms with Gasteiger partial charge in [0.25, 0.3) is 5.91 Å². The molecule has 0 aliphatic rings. The van der Waals surface area contributed by atoms with E-state index in [1.54, 1.807) is 22.7 Å². The van der Waals surface area contributed by atoms with Gasteiger partial charge in [-0.15, -0.1) is 22.7 Å². The lowest BCUT2D eigenvalue weighted by Crippen LogP contribution is -2.29. The quantitative estimate of drug-likeness (QED) is 0.802. The highest BCUT2D eigenvalue weighted by atomic mass is 32.1. The average Bonchev–Trinajstić information content (AvgIpc) is 2.76. The Kier molecular flexibility index (Phi) is 3.35. The van der Waals surface area contributed by atoms with Crippen molar-refractivity contribution < 1.29 is 4.79 Å². The average molecular weight is 240 g/mol. The molecule has 2 rings (SSSR count). The zero-order valence-electron chi connectivity index (χ0n) is 8.37. The first-order chi connectivity index (χ1) is 7.31. The Morgan fingerprint density at radius 3 is 3.00 bits per heavy atom. The number of amides is 1. The molecular weight excluding hydrogens is 228 g/mol. The largest absolute Gasteiger partial charge is 0.350 e. The lowest BCUT2D eigenvalue weighted by atomic mass is 10.4. The molecule has 3 nitrogen and oxygen atoms in total. The second kappa shape index (κ2) is 4.74. The molecule has 0 aliphatic carbocycles. The molecular formula is C10H12N2OS2. The molecule has 0 fully saturated rings. The van der Waals surface area contributed by atoms with Crippen molar-refractivity contribution in [1.82, 2.24) is 10.6 Å². The van der Waals surface area contributed by atoms with E-state index < -0.39 is 0 Å². The van der Waals surface area contributed by atoms with Crippen molar-refractivity contribution >= 4 is 38.0 Å². The zero-order valence-corrected chi connectivity index (χ0v) is 10.0. The fraction of sp³-hybridized carbons (Fsp3) is 0.300. The van der Waals surface area contributed by atoms with Gasteiger partial charge in [-0.05, 0) is 24.6 Å². The van der Waals surface area contributed by atoms with Crippen LogP contribution in [0.25, 0.3) is 9.40 Å². The molecule has 0 radical (unpaired) electrons. The van der Waals surface area contributed by atoms with Crippen LogP contribution in [0.2, 0.25) is 0 Å². The summed E-state index contributed by atoms with van der Waals surface area (Å²) in [6.45, 7) is 1.46. The van der Waals surface area contributed by atoms with E-state index in [0.717, 1.165) is 11.4 Å². The van der Waals surface area contributed by atoms with Crippen LogP contribution in [0.5, 0.6) is 0 Å². The molecule has 5 heteroatoms. The van der Waals surface area contributed by atoms with Gasteiger partial charge in [0.1, 0.15) is 0 Å². The molecule has 0 aliphatic heterocycles. The second-order valence-electron chi connectivity index (χ2n) is 3.12. The summed E-state index contributed by atoms with van der Waals surface area (Å²) >= 11 is 3.22. The summed E-state index contributed by atoms with van der Waals surface area (Å²) in [6.07, 6.45) is 0. The second-order valence-corrected chi connectivity index (χ2v) is 5.15. The fourth-order valence-corrected chi connectivity index (χ4v) is 3.29. The molecule has 0 saturated heterocycles. The van der Waals surface area contributed by atoms with Crippen molar-refractivity contribution in [2.24, 2.45) is 0 Å². The topological polar surface area (TPSA) is 41.1 Å². The van der Waals surface area contributed by atoms with Gasteiger partial charge in [-0.1, -0.05) is 0 Å². The maximum Gasteiger partial charge on any atom is 0.261 e. The Morgan fingerprint density at radius 2 is 2.27 bits per heavy atom. The maximum atomic E-state index is 11.7. The number of nitrogens with one attached hydrogen (secondary N) is 2. The number of hydrogen-bond donors (Lipinski definition) is 2. The van der Waals surface area contributed by atoms with Gasteiger partial charge in [0, 0.05) is 22.5 Å². The molecule has 2 heterocycles. The van der Waals surface area contributed by atoms with Gasteiger partial charge in [0.05, 0.1) is 4.88 Å². The minimum atomic E-state index is 0.0265. The Bertz CT molecular complexity index is 432. The highest BCUT2D eigenvalue weighted by Crippen LogP contribution is 2.29. The first kappa shape index (κ1) is 10.6. The van der Waals surface area contributed by atoms with E-state index in [0.29, 0.717) is 6.54 Å². The molecule has 0 unspecified atom stereocenters. The number of hydrogen-bond acceptors (Lipinski definition) is 4. The van der Waals surface area contributed by atoms with Crippen molar-refractivity contribution in [3.8, 4) is 0 Å². The minimum Gasteiger partial charge on any atom is -0.350 e. The monoisotopic (exact) mass is 240 g/mol. The molecule has 2 aromatic rings. The lowest BCUT2D eigenvalue weighted by Gasteiger charge is -2.01. The number of thiophene rings is 2. The minimum absolute atomic E-state index is 0.0265. The number of carbonyl (C=O) groups is 1. The van der Waals surface area contributed by atoms with Crippen LogP contribution in [-0.4, -0.2) is 26.0 Å². The third-order valence-electron chi connectivity index (χ3n) is 2.02. The highest BCUT2D eigenvalue weighted by molar-refractivity contribution is 7.27. The number of rotatable bonds is 4. The summed E-state index contributed by atoms with van der Waals surface area (Å²) in [4.78, 5) is 12.5. The van der Waals surface area contributed by atoms with Gasteiger partial charge in [-0.3, -0.25) is 4.79 Å². The SMILES string of the molecule is CNCCNC(=O)c1cc2sccc2s1. The van der Waals surface area contributed by atoms with Crippen molar-refractivity contribution in [3.63, 3.8) is 0 Å².